The van der Waals surface area contributed by atoms with Gasteiger partial charge in [-0.2, -0.15) is 0 Å². The molecule has 0 aromatic heterocycles. The maximum Gasteiger partial charge on any atom is 0.494 e. The van der Waals surface area contributed by atoms with Crippen LogP contribution in [0, 0.1) is 0 Å². The Morgan fingerprint density at radius 1 is 0.580 bits per heavy atom. The van der Waals surface area contributed by atoms with Gasteiger partial charge in [0.05, 0.1) is 34.5 Å². The van der Waals surface area contributed by atoms with E-state index in [1.807, 2.05) is 159 Å². The number of alkyl carbamates (subject to hydrolysis) is 2. The first-order valence-corrected chi connectivity index (χ1v) is 17.5. The van der Waals surface area contributed by atoms with Crippen molar-refractivity contribution >= 4 is 37.3 Å². The van der Waals surface area contributed by atoms with E-state index in [1.165, 1.54) is 0 Å². The van der Waals surface area contributed by atoms with Crippen LogP contribution in [0.25, 0.3) is 0 Å². The van der Waals surface area contributed by atoms with Gasteiger partial charge in [-0.05, 0) is 133 Å². The Bertz CT molecular complexity index is 1350. The Hall–Kier alpha value is -3.05. The molecule has 10 nitrogen and oxygen atoms in total. The van der Waals surface area contributed by atoms with Crippen molar-refractivity contribution in [3.63, 3.8) is 0 Å². The van der Waals surface area contributed by atoms with Crippen molar-refractivity contribution in [3.05, 3.63) is 59.7 Å². The molecule has 0 bridgehead atoms. The second-order valence-electron chi connectivity index (χ2n) is 17.3. The van der Waals surface area contributed by atoms with Crippen LogP contribution in [0.5, 0.6) is 0 Å². The van der Waals surface area contributed by atoms with Crippen molar-refractivity contribution in [1.29, 1.82) is 0 Å². The molecule has 2 aromatic rings. The molecule has 276 valence electrons. The summed E-state index contributed by atoms with van der Waals surface area (Å²) in [6.45, 7) is 31.2. The van der Waals surface area contributed by atoms with Crippen molar-refractivity contribution in [2.75, 3.05) is 0 Å². The Kier molecular flexibility index (Phi) is 12.3. The van der Waals surface area contributed by atoms with Gasteiger partial charge in [0, 0.05) is 0 Å². The van der Waals surface area contributed by atoms with E-state index >= 15 is 0 Å². The largest absolute Gasteiger partial charge is 0.494 e. The summed E-state index contributed by atoms with van der Waals surface area (Å²) in [5.41, 5.74) is 1.26. The summed E-state index contributed by atoms with van der Waals surface area (Å²) in [7, 11) is -0.836. The summed E-state index contributed by atoms with van der Waals surface area (Å²) in [5, 5.41) is 5.72. The van der Waals surface area contributed by atoms with E-state index in [1.54, 1.807) is 0 Å². The van der Waals surface area contributed by atoms with Gasteiger partial charge < -0.3 is 38.7 Å². The monoisotopic (exact) mass is 694 g/mol. The summed E-state index contributed by atoms with van der Waals surface area (Å²) in [6.07, 6.45) is -0.859. The molecule has 2 heterocycles. The fourth-order valence-corrected chi connectivity index (χ4v) is 5.04. The van der Waals surface area contributed by atoms with E-state index in [0.717, 1.165) is 22.1 Å². The number of carbonyl (C=O) groups excluding carboxylic acids is 2. The number of amides is 2. The first-order valence-electron chi connectivity index (χ1n) is 17.5. The maximum absolute atomic E-state index is 12.0. The van der Waals surface area contributed by atoms with Crippen molar-refractivity contribution in [3.8, 4) is 0 Å². The van der Waals surface area contributed by atoms with Gasteiger partial charge in [-0.25, -0.2) is 9.59 Å². The van der Waals surface area contributed by atoms with Gasteiger partial charge in [-0.1, -0.05) is 48.5 Å². The highest BCUT2D eigenvalue weighted by Crippen LogP contribution is 2.37. The molecular weight excluding hydrogens is 634 g/mol. The van der Waals surface area contributed by atoms with Crippen LogP contribution < -0.4 is 21.6 Å². The quantitative estimate of drug-likeness (QED) is 0.307. The fraction of sp³-hybridized carbons (Fsp3) is 0.632. The van der Waals surface area contributed by atoms with Crippen molar-refractivity contribution in [2.45, 2.75) is 156 Å². The normalized spacial score (nSPS) is 20.2. The van der Waals surface area contributed by atoms with Crippen molar-refractivity contribution in [1.82, 2.24) is 10.6 Å². The van der Waals surface area contributed by atoms with Crippen molar-refractivity contribution < 1.29 is 37.7 Å². The molecule has 0 aliphatic carbocycles. The number of rotatable bonds is 6. The minimum Gasteiger partial charge on any atom is -0.444 e. The molecule has 0 spiro atoms. The Balaban J connectivity index is 0.000000270. The van der Waals surface area contributed by atoms with Crippen LogP contribution in [0.4, 0.5) is 9.59 Å². The minimum absolute atomic E-state index is 0.183. The lowest BCUT2D eigenvalue weighted by atomic mass is 9.78. The first kappa shape index (κ1) is 41.4. The fourth-order valence-electron chi connectivity index (χ4n) is 5.04. The zero-order valence-corrected chi connectivity index (χ0v) is 33.2. The molecule has 2 aliphatic heterocycles. The van der Waals surface area contributed by atoms with E-state index in [4.69, 9.17) is 28.1 Å². The molecule has 4 rings (SSSR count). The highest BCUT2D eigenvalue weighted by molar-refractivity contribution is 6.62. The molecule has 2 aromatic carbocycles. The number of hydrogen-bond donors (Lipinski definition) is 2. The average Bonchev–Trinajstić information content (AvgIpc) is 3.30. The number of carbonyl (C=O) groups is 2. The van der Waals surface area contributed by atoms with E-state index < -0.39 is 37.6 Å². The summed E-state index contributed by atoms with van der Waals surface area (Å²) < 4.78 is 35.0. The standard InChI is InChI=1S/2C19H30BNO4/c2*1-13(21-16(22)23-17(2,3)4)14-10-9-11-15(12-14)20-24-18(5,6)19(7,8)25-20/h2*9-13H,1-8H3,(H,21,22)/t2*13-/m10/s1. The highest BCUT2D eigenvalue weighted by atomic mass is 16.7. The van der Waals surface area contributed by atoms with E-state index in [0.29, 0.717) is 0 Å². The Labute approximate surface area is 301 Å². The number of nitrogens with one attached hydrogen (secondary N) is 2. The van der Waals surface area contributed by atoms with Gasteiger partial charge in [0.15, 0.2) is 0 Å². The molecule has 2 N–H and O–H groups in total. The minimum atomic E-state index is -0.519. The van der Waals surface area contributed by atoms with Gasteiger partial charge in [0.2, 0.25) is 0 Å². The predicted octanol–water partition coefficient (Wildman–Crippen LogP) is 7.14. The second-order valence-corrected chi connectivity index (χ2v) is 17.3. The molecule has 12 heteroatoms. The molecule has 0 unspecified atom stereocenters. The SMILES string of the molecule is C[C@@H](NC(=O)OC(C)(C)C)c1cccc(B2OC(C)(C)C(C)(C)O2)c1.C[C@H](NC(=O)OC(C)(C)C)c1cccc(B2OC(C)(C)C(C)(C)O2)c1. The summed E-state index contributed by atoms with van der Waals surface area (Å²) in [5.74, 6) is 0. The van der Waals surface area contributed by atoms with Gasteiger partial charge in [0.1, 0.15) is 11.2 Å². The van der Waals surface area contributed by atoms with Crippen LogP contribution in [-0.2, 0) is 28.1 Å². The highest BCUT2D eigenvalue weighted by Gasteiger charge is 2.52. The topological polar surface area (TPSA) is 114 Å². The van der Waals surface area contributed by atoms with Crippen LogP contribution in [-0.4, -0.2) is 60.0 Å². The third-order valence-electron chi connectivity index (χ3n) is 9.34. The lowest BCUT2D eigenvalue weighted by Gasteiger charge is -2.32. The summed E-state index contributed by atoms with van der Waals surface area (Å²) in [4.78, 5) is 23.9. The molecule has 0 saturated carbocycles. The third-order valence-corrected chi connectivity index (χ3v) is 9.34. The molecule has 2 fully saturated rings. The summed E-state index contributed by atoms with van der Waals surface area (Å²) in [6, 6.07) is 15.4. The molecule has 2 saturated heterocycles. The molecule has 2 atom stereocenters. The van der Waals surface area contributed by atoms with Crippen LogP contribution in [0.3, 0.4) is 0 Å². The molecule has 0 radical (unpaired) electrons. The molecule has 50 heavy (non-hydrogen) atoms. The first-order chi connectivity index (χ1) is 22.6. The zero-order valence-electron chi connectivity index (χ0n) is 33.2. The van der Waals surface area contributed by atoms with Crippen LogP contribution in [0.2, 0.25) is 0 Å². The molecule has 2 aliphatic rings. The number of benzene rings is 2. The van der Waals surface area contributed by atoms with Gasteiger partial charge >= 0.3 is 26.4 Å². The van der Waals surface area contributed by atoms with Crippen LogP contribution >= 0.6 is 0 Å². The maximum atomic E-state index is 12.0. The molecular formula is C38H60B2N2O8. The molecule has 2 amide bonds. The smallest absolute Gasteiger partial charge is 0.444 e. The van der Waals surface area contributed by atoms with Gasteiger partial charge in [0.25, 0.3) is 0 Å². The lowest BCUT2D eigenvalue weighted by Crippen LogP contribution is -2.41. The Morgan fingerprint density at radius 3 is 1.12 bits per heavy atom. The van der Waals surface area contributed by atoms with Crippen LogP contribution in [0.15, 0.2) is 48.5 Å². The van der Waals surface area contributed by atoms with Crippen molar-refractivity contribution in [2.24, 2.45) is 0 Å². The Morgan fingerprint density at radius 2 is 0.860 bits per heavy atom. The zero-order chi connectivity index (χ0) is 38.1. The van der Waals surface area contributed by atoms with Crippen LogP contribution in [0.1, 0.15) is 134 Å². The number of hydrogen-bond acceptors (Lipinski definition) is 8. The van der Waals surface area contributed by atoms with Gasteiger partial charge in [-0.3, -0.25) is 0 Å². The summed E-state index contributed by atoms with van der Waals surface area (Å²) >= 11 is 0. The average molecular weight is 695 g/mol. The predicted molar refractivity (Wildman–Crippen MR) is 200 cm³/mol. The number of ether oxygens (including phenoxy) is 2. The van der Waals surface area contributed by atoms with E-state index in [-0.39, 0.29) is 34.5 Å². The third kappa shape index (κ3) is 11.0. The second kappa shape index (κ2) is 14.9. The van der Waals surface area contributed by atoms with E-state index in [2.05, 4.69) is 10.6 Å². The van der Waals surface area contributed by atoms with E-state index in [9.17, 15) is 9.59 Å². The lowest BCUT2D eigenvalue weighted by molar-refractivity contribution is 0.00578. The van der Waals surface area contributed by atoms with Gasteiger partial charge in [-0.15, -0.1) is 0 Å².